The Labute approximate surface area is 96.2 Å². The van der Waals surface area contributed by atoms with Crippen molar-refractivity contribution < 1.29 is 0 Å². The Hall–Kier alpha value is -1.40. The van der Waals surface area contributed by atoms with Crippen LogP contribution in [0.3, 0.4) is 0 Å². The van der Waals surface area contributed by atoms with Gasteiger partial charge in [0.2, 0.25) is 0 Å². The van der Waals surface area contributed by atoms with Crippen LogP contribution in [-0.2, 0) is 0 Å². The van der Waals surface area contributed by atoms with Crippen molar-refractivity contribution >= 4 is 11.6 Å². The predicted molar refractivity (Wildman–Crippen MR) is 66.4 cm³/mol. The number of rotatable bonds is 5. The van der Waals surface area contributed by atoms with Crippen molar-refractivity contribution in [3.05, 3.63) is 11.4 Å². The molecular weight excluding hydrogens is 204 g/mol. The Morgan fingerprint density at radius 1 is 1.19 bits per heavy atom. The van der Waals surface area contributed by atoms with Crippen LogP contribution in [0.15, 0.2) is 0 Å². The number of nitrogen functional groups attached to an aromatic ring is 1. The lowest BCUT2D eigenvalue weighted by atomic mass is 10.3. The molecule has 16 heavy (non-hydrogen) atoms. The molecule has 6 heteroatoms. The van der Waals surface area contributed by atoms with E-state index in [0.29, 0.717) is 11.6 Å². The van der Waals surface area contributed by atoms with Gasteiger partial charge >= 0.3 is 0 Å². The standard InChI is InChI=1S/C10H20N6/c1-7-9(12-5-6-16(3)4)13-8(2)14-10(7)15-11/h5-6,11H2,1-4H3,(H2,12,13,14,15). The average Bonchev–Trinajstić information content (AvgIpc) is 2.22. The lowest BCUT2D eigenvalue weighted by molar-refractivity contribution is 0.425. The molecule has 0 aliphatic rings. The summed E-state index contributed by atoms with van der Waals surface area (Å²) >= 11 is 0. The van der Waals surface area contributed by atoms with Gasteiger partial charge in [0.25, 0.3) is 0 Å². The minimum absolute atomic E-state index is 0.667. The zero-order valence-corrected chi connectivity index (χ0v) is 10.3. The molecular formula is C10H20N6. The Kier molecular flexibility index (Phi) is 4.45. The molecule has 1 heterocycles. The summed E-state index contributed by atoms with van der Waals surface area (Å²) in [7, 11) is 4.07. The molecule has 1 aromatic heterocycles. The molecule has 0 radical (unpaired) electrons. The zero-order chi connectivity index (χ0) is 12.1. The fourth-order valence-corrected chi connectivity index (χ4v) is 1.34. The molecule has 1 aromatic rings. The van der Waals surface area contributed by atoms with E-state index in [4.69, 9.17) is 5.84 Å². The van der Waals surface area contributed by atoms with Crippen LogP contribution in [-0.4, -0.2) is 42.1 Å². The highest BCUT2D eigenvalue weighted by Gasteiger charge is 2.07. The minimum atomic E-state index is 0.667. The van der Waals surface area contributed by atoms with E-state index < -0.39 is 0 Å². The number of nitrogens with zero attached hydrogens (tertiary/aromatic N) is 3. The maximum Gasteiger partial charge on any atom is 0.148 e. The smallest absolute Gasteiger partial charge is 0.148 e. The van der Waals surface area contributed by atoms with Gasteiger partial charge in [-0.25, -0.2) is 15.8 Å². The van der Waals surface area contributed by atoms with Crippen molar-refractivity contribution in [3.8, 4) is 0 Å². The van der Waals surface area contributed by atoms with Gasteiger partial charge in [-0.1, -0.05) is 0 Å². The third-order valence-electron chi connectivity index (χ3n) is 2.25. The van der Waals surface area contributed by atoms with Crippen LogP contribution in [0.2, 0.25) is 0 Å². The van der Waals surface area contributed by atoms with Crippen LogP contribution < -0.4 is 16.6 Å². The van der Waals surface area contributed by atoms with Crippen molar-refractivity contribution in [1.82, 2.24) is 14.9 Å². The number of likely N-dealkylation sites (N-methyl/N-ethyl adjacent to an activating group) is 1. The number of hydrogen-bond acceptors (Lipinski definition) is 6. The number of aryl methyl sites for hydroxylation is 1. The quantitative estimate of drug-likeness (QED) is 0.495. The number of hydrazine groups is 1. The van der Waals surface area contributed by atoms with Gasteiger partial charge in [0.1, 0.15) is 17.5 Å². The average molecular weight is 224 g/mol. The highest BCUT2D eigenvalue weighted by atomic mass is 15.3. The van der Waals surface area contributed by atoms with Gasteiger partial charge in [-0.15, -0.1) is 0 Å². The molecule has 0 aliphatic heterocycles. The van der Waals surface area contributed by atoms with Crippen LogP contribution in [0.1, 0.15) is 11.4 Å². The third-order valence-corrected chi connectivity index (χ3v) is 2.25. The van der Waals surface area contributed by atoms with Gasteiger partial charge in [-0.05, 0) is 27.9 Å². The molecule has 0 atom stereocenters. The molecule has 90 valence electrons. The molecule has 1 rings (SSSR count). The Morgan fingerprint density at radius 2 is 1.81 bits per heavy atom. The first-order valence-electron chi connectivity index (χ1n) is 5.25. The van der Waals surface area contributed by atoms with Crippen molar-refractivity contribution in [3.63, 3.8) is 0 Å². The second kappa shape index (κ2) is 5.62. The van der Waals surface area contributed by atoms with E-state index >= 15 is 0 Å². The van der Waals surface area contributed by atoms with E-state index in [1.54, 1.807) is 0 Å². The zero-order valence-electron chi connectivity index (χ0n) is 10.3. The molecule has 0 aliphatic carbocycles. The summed E-state index contributed by atoms with van der Waals surface area (Å²) in [6.07, 6.45) is 0. The number of nitrogens with two attached hydrogens (primary N) is 1. The molecule has 4 N–H and O–H groups in total. The maximum absolute atomic E-state index is 5.39. The van der Waals surface area contributed by atoms with E-state index in [1.165, 1.54) is 0 Å². The van der Waals surface area contributed by atoms with Crippen molar-refractivity contribution in [1.29, 1.82) is 0 Å². The summed E-state index contributed by atoms with van der Waals surface area (Å²) in [5, 5.41) is 3.27. The SMILES string of the molecule is Cc1nc(NN)c(C)c(NCCN(C)C)n1. The first-order chi connectivity index (χ1) is 7.54. The van der Waals surface area contributed by atoms with Gasteiger partial charge in [-0.3, -0.25) is 0 Å². The van der Waals surface area contributed by atoms with Gasteiger partial charge in [-0.2, -0.15) is 0 Å². The van der Waals surface area contributed by atoms with Gasteiger partial charge in [0, 0.05) is 18.7 Å². The van der Waals surface area contributed by atoms with Crippen LogP contribution in [0.4, 0.5) is 11.6 Å². The minimum Gasteiger partial charge on any atom is -0.368 e. The first-order valence-corrected chi connectivity index (χ1v) is 5.25. The molecule has 0 fully saturated rings. The lowest BCUT2D eigenvalue weighted by Crippen LogP contribution is -2.22. The molecule has 0 saturated carbocycles. The van der Waals surface area contributed by atoms with E-state index in [-0.39, 0.29) is 0 Å². The summed E-state index contributed by atoms with van der Waals surface area (Å²) in [4.78, 5) is 10.6. The Balaban J connectivity index is 2.75. The second-order valence-corrected chi connectivity index (χ2v) is 3.97. The van der Waals surface area contributed by atoms with E-state index in [0.717, 1.165) is 24.5 Å². The van der Waals surface area contributed by atoms with Crippen LogP contribution in [0, 0.1) is 13.8 Å². The molecule has 0 bridgehead atoms. The monoisotopic (exact) mass is 224 g/mol. The maximum atomic E-state index is 5.39. The largest absolute Gasteiger partial charge is 0.368 e. The van der Waals surface area contributed by atoms with E-state index in [1.807, 2.05) is 27.9 Å². The topological polar surface area (TPSA) is 79.1 Å². The normalized spacial score (nSPS) is 10.6. The molecule has 0 aromatic carbocycles. The second-order valence-electron chi connectivity index (χ2n) is 3.97. The van der Waals surface area contributed by atoms with E-state index in [9.17, 15) is 0 Å². The molecule has 0 spiro atoms. The number of anilines is 2. The third kappa shape index (κ3) is 3.32. The van der Waals surface area contributed by atoms with Crippen LogP contribution in [0.25, 0.3) is 0 Å². The van der Waals surface area contributed by atoms with Crippen molar-refractivity contribution in [2.75, 3.05) is 37.9 Å². The molecule has 6 nitrogen and oxygen atoms in total. The Bertz CT molecular complexity index is 349. The number of hydrogen-bond donors (Lipinski definition) is 3. The van der Waals surface area contributed by atoms with Crippen molar-refractivity contribution in [2.45, 2.75) is 13.8 Å². The lowest BCUT2D eigenvalue weighted by Gasteiger charge is -2.14. The molecule has 0 saturated heterocycles. The molecule has 0 unspecified atom stereocenters. The van der Waals surface area contributed by atoms with Gasteiger partial charge in [0.05, 0.1) is 0 Å². The summed E-state index contributed by atoms with van der Waals surface area (Å²) in [6.45, 7) is 5.58. The summed E-state index contributed by atoms with van der Waals surface area (Å²) in [6, 6.07) is 0. The predicted octanol–water partition coefficient (Wildman–Crippen LogP) is 0.353. The van der Waals surface area contributed by atoms with Crippen LogP contribution >= 0.6 is 0 Å². The molecule has 0 amide bonds. The highest BCUT2D eigenvalue weighted by molar-refractivity contribution is 5.56. The fraction of sp³-hybridized carbons (Fsp3) is 0.600. The van der Waals surface area contributed by atoms with Crippen molar-refractivity contribution in [2.24, 2.45) is 5.84 Å². The number of nitrogens with one attached hydrogen (secondary N) is 2. The fourth-order valence-electron chi connectivity index (χ4n) is 1.34. The summed E-state index contributed by atoms with van der Waals surface area (Å²) < 4.78 is 0. The Morgan fingerprint density at radius 3 is 2.38 bits per heavy atom. The van der Waals surface area contributed by atoms with Crippen LogP contribution in [0.5, 0.6) is 0 Å². The summed E-state index contributed by atoms with van der Waals surface area (Å²) in [5.74, 6) is 7.59. The van der Waals surface area contributed by atoms with Gasteiger partial charge in [0.15, 0.2) is 0 Å². The highest BCUT2D eigenvalue weighted by Crippen LogP contribution is 2.18. The van der Waals surface area contributed by atoms with E-state index in [2.05, 4.69) is 25.6 Å². The summed E-state index contributed by atoms with van der Waals surface area (Å²) in [5.41, 5.74) is 3.51. The number of aromatic nitrogens is 2. The van der Waals surface area contributed by atoms with Gasteiger partial charge < -0.3 is 15.6 Å². The first kappa shape index (κ1) is 12.7.